The van der Waals surface area contributed by atoms with Crippen molar-refractivity contribution in [3.8, 4) is 0 Å². The Balaban J connectivity index is 2.49. The Morgan fingerprint density at radius 3 is 2.86 bits per heavy atom. The van der Waals surface area contributed by atoms with Gasteiger partial charge in [-0.2, -0.15) is 0 Å². The summed E-state index contributed by atoms with van der Waals surface area (Å²) in [6.45, 7) is 9.77. The van der Waals surface area contributed by atoms with Crippen molar-refractivity contribution in [2.45, 2.75) is 45.2 Å². The molecule has 0 aliphatic carbocycles. The Kier molecular flexibility index (Phi) is 4.63. The molecule has 2 heteroatoms. The molecule has 0 spiro atoms. The van der Waals surface area contributed by atoms with Crippen molar-refractivity contribution >= 4 is 0 Å². The SMILES string of the molecule is C=CCC(C)C(C)N1CCC[C@H]1CO. The standard InChI is InChI=1S/C12H23NO/c1-4-6-10(2)11(3)13-8-5-7-12(13)9-14/h4,10-12,14H,1,5-9H2,2-3H3/t10?,11?,12-/m0/s1. The number of aliphatic hydroxyl groups is 1. The fourth-order valence-electron chi connectivity index (χ4n) is 2.38. The Bertz CT molecular complexity index is 181. The maximum atomic E-state index is 9.24. The number of aliphatic hydroxyl groups excluding tert-OH is 1. The second-order valence-electron chi connectivity index (χ2n) is 4.46. The van der Waals surface area contributed by atoms with Crippen LogP contribution in [0.15, 0.2) is 12.7 Å². The van der Waals surface area contributed by atoms with Crippen LogP contribution in [0.25, 0.3) is 0 Å². The number of hydrogen-bond donors (Lipinski definition) is 1. The second-order valence-corrected chi connectivity index (χ2v) is 4.46. The van der Waals surface area contributed by atoms with E-state index in [9.17, 15) is 5.11 Å². The number of hydrogen-bond acceptors (Lipinski definition) is 2. The summed E-state index contributed by atoms with van der Waals surface area (Å²) < 4.78 is 0. The highest BCUT2D eigenvalue weighted by molar-refractivity contribution is 4.86. The molecule has 1 rings (SSSR count). The molecule has 2 unspecified atom stereocenters. The second kappa shape index (κ2) is 5.52. The van der Waals surface area contributed by atoms with E-state index in [1.807, 2.05) is 6.08 Å². The van der Waals surface area contributed by atoms with E-state index >= 15 is 0 Å². The molecule has 1 aliphatic rings. The molecule has 1 fully saturated rings. The van der Waals surface area contributed by atoms with Crippen LogP contribution in [0.1, 0.15) is 33.1 Å². The van der Waals surface area contributed by atoms with E-state index in [2.05, 4.69) is 25.3 Å². The van der Waals surface area contributed by atoms with E-state index < -0.39 is 0 Å². The molecule has 14 heavy (non-hydrogen) atoms. The van der Waals surface area contributed by atoms with Crippen molar-refractivity contribution in [1.29, 1.82) is 0 Å². The summed E-state index contributed by atoms with van der Waals surface area (Å²) in [5, 5.41) is 9.24. The van der Waals surface area contributed by atoms with E-state index in [-0.39, 0.29) is 0 Å². The lowest BCUT2D eigenvalue weighted by atomic mass is 9.98. The van der Waals surface area contributed by atoms with E-state index in [1.165, 1.54) is 6.42 Å². The van der Waals surface area contributed by atoms with Gasteiger partial charge >= 0.3 is 0 Å². The van der Waals surface area contributed by atoms with E-state index in [0.717, 1.165) is 19.4 Å². The van der Waals surface area contributed by atoms with Gasteiger partial charge in [0.15, 0.2) is 0 Å². The maximum absolute atomic E-state index is 9.24. The van der Waals surface area contributed by atoms with Crippen LogP contribution in [-0.2, 0) is 0 Å². The van der Waals surface area contributed by atoms with Crippen LogP contribution >= 0.6 is 0 Å². The summed E-state index contributed by atoms with van der Waals surface area (Å²) in [7, 11) is 0. The van der Waals surface area contributed by atoms with Gasteiger partial charge in [0.2, 0.25) is 0 Å². The zero-order valence-corrected chi connectivity index (χ0v) is 9.45. The van der Waals surface area contributed by atoms with E-state index in [4.69, 9.17) is 0 Å². The van der Waals surface area contributed by atoms with E-state index in [0.29, 0.717) is 24.6 Å². The molecule has 0 aromatic rings. The topological polar surface area (TPSA) is 23.5 Å². The first-order valence-corrected chi connectivity index (χ1v) is 5.68. The third-order valence-corrected chi connectivity index (χ3v) is 3.52. The van der Waals surface area contributed by atoms with Gasteiger partial charge in [-0.05, 0) is 38.6 Å². The third kappa shape index (κ3) is 2.58. The first kappa shape index (κ1) is 11.7. The molecule has 82 valence electrons. The molecule has 0 amide bonds. The number of allylic oxidation sites excluding steroid dienone is 1. The molecular weight excluding hydrogens is 174 g/mol. The van der Waals surface area contributed by atoms with Crippen LogP contribution in [0.3, 0.4) is 0 Å². The van der Waals surface area contributed by atoms with Crippen LogP contribution in [0.4, 0.5) is 0 Å². The Morgan fingerprint density at radius 1 is 1.57 bits per heavy atom. The summed E-state index contributed by atoms with van der Waals surface area (Å²) in [6.07, 6.45) is 5.44. The molecule has 1 saturated heterocycles. The molecular formula is C12H23NO. The van der Waals surface area contributed by atoms with Gasteiger partial charge in [0.1, 0.15) is 0 Å². The lowest BCUT2D eigenvalue weighted by molar-refractivity contribution is 0.101. The van der Waals surface area contributed by atoms with Gasteiger partial charge in [0, 0.05) is 12.1 Å². The monoisotopic (exact) mass is 197 g/mol. The fourth-order valence-corrected chi connectivity index (χ4v) is 2.38. The van der Waals surface area contributed by atoms with Crippen LogP contribution in [0, 0.1) is 5.92 Å². The van der Waals surface area contributed by atoms with Crippen molar-refractivity contribution in [3.05, 3.63) is 12.7 Å². The molecule has 1 N–H and O–H groups in total. The van der Waals surface area contributed by atoms with Crippen LogP contribution in [0.5, 0.6) is 0 Å². The molecule has 2 nitrogen and oxygen atoms in total. The lowest BCUT2D eigenvalue weighted by Crippen LogP contribution is -2.42. The fraction of sp³-hybridized carbons (Fsp3) is 0.833. The molecule has 0 bridgehead atoms. The minimum Gasteiger partial charge on any atom is -0.395 e. The third-order valence-electron chi connectivity index (χ3n) is 3.52. The molecule has 0 saturated carbocycles. The van der Waals surface area contributed by atoms with Crippen molar-refractivity contribution < 1.29 is 5.11 Å². The van der Waals surface area contributed by atoms with Crippen LogP contribution in [-0.4, -0.2) is 35.2 Å². The van der Waals surface area contributed by atoms with Crippen LogP contribution < -0.4 is 0 Å². The highest BCUT2D eigenvalue weighted by atomic mass is 16.3. The molecule has 0 radical (unpaired) electrons. The van der Waals surface area contributed by atoms with Crippen molar-refractivity contribution in [2.24, 2.45) is 5.92 Å². The summed E-state index contributed by atoms with van der Waals surface area (Å²) in [5.41, 5.74) is 0. The average Bonchev–Trinajstić information content (AvgIpc) is 2.64. The minimum absolute atomic E-state index is 0.311. The summed E-state index contributed by atoms with van der Waals surface area (Å²) in [5.74, 6) is 0.639. The Hall–Kier alpha value is -0.340. The highest BCUT2D eigenvalue weighted by Gasteiger charge is 2.29. The quantitative estimate of drug-likeness (QED) is 0.682. The Labute approximate surface area is 87.6 Å². The van der Waals surface area contributed by atoms with Gasteiger partial charge in [-0.25, -0.2) is 0 Å². The summed E-state index contributed by atoms with van der Waals surface area (Å²) >= 11 is 0. The van der Waals surface area contributed by atoms with Gasteiger partial charge in [-0.1, -0.05) is 13.0 Å². The number of likely N-dealkylation sites (tertiary alicyclic amines) is 1. The summed E-state index contributed by atoms with van der Waals surface area (Å²) in [6, 6.07) is 0.963. The first-order chi connectivity index (χ1) is 6.70. The molecule has 0 aromatic carbocycles. The predicted octanol–water partition coefficient (Wildman–Crippen LogP) is 2.04. The first-order valence-electron chi connectivity index (χ1n) is 5.68. The molecule has 1 heterocycles. The zero-order valence-electron chi connectivity index (χ0n) is 9.45. The largest absolute Gasteiger partial charge is 0.395 e. The summed E-state index contributed by atoms with van der Waals surface area (Å²) in [4.78, 5) is 2.45. The van der Waals surface area contributed by atoms with Crippen LogP contribution in [0.2, 0.25) is 0 Å². The number of rotatable bonds is 5. The van der Waals surface area contributed by atoms with Gasteiger partial charge in [0.05, 0.1) is 6.61 Å². The minimum atomic E-state index is 0.311. The Morgan fingerprint density at radius 2 is 2.29 bits per heavy atom. The maximum Gasteiger partial charge on any atom is 0.0586 e. The number of nitrogens with zero attached hydrogens (tertiary/aromatic N) is 1. The van der Waals surface area contributed by atoms with Crippen molar-refractivity contribution in [1.82, 2.24) is 4.90 Å². The molecule has 1 aliphatic heterocycles. The zero-order chi connectivity index (χ0) is 10.6. The van der Waals surface area contributed by atoms with Gasteiger partial charge in [-0.3, -0.25) is 4.90 Å². The van der Waals surface area contributed by atoms with Crippen molar-refractivity contribution in [2.75, 3.05) is 13.2 Å². The van der Waals surface area contributed by atoms with E-state index in [1.54, 1.807) is 0 Å². The molecule has 3 atom stereocenters. The van der Waals surface area contributed by atoms with Crippen molar-refractivity contribution in [3.63, 3.8) is 0 Å². The average molecular weight is 197 g/mol. The van der Waals surface area contributed by atoms with Gasteiger partial charge in [0.25, 0.3) is 0 Å². The predicted molar refractivity (Wildman–Crippen MR) is 60.3 cm³/mol. The normalized spacial score (nSPS) is 27.5. The lowest BCUT2D eigenvalue weighted by Gasteiger charge is -2.33. The van der Waals surface area contributed by atoms with Gasteiger partial charge in [-0.15, -0.1) is 6.58 Å². The van der Waals surface area contributed by atoms with Gasteiger partial charge < -0.3 is 5.11 Å². The highest BCUT2D eigenvalue weighted by Crippen LogP contribution is 2.24. The smallest absolute Gasteiger partial charge is 0.0586 e. The molecule has 0 aromatic heterocycles.